The second-order valence-electron chi connectivity index (χ2n) is 6.57. The number of benzene rings is 1. The lowest BCUT2D eigenvalue weighted by Gasteiger charge is -2.30. The first-order valence-corrected chi connectivity index (χ1v) is 9.71. The summed E-state index contributed by atoms with van der Waals surface area (Å²) >= 11 is 0. The summed E-state index contributed by atoms with van der Waals surface area (Å²) in [5.74, 6) is -2.18. The highest BCUT2D eigenvalue weighted by atomic mass is 32.2. The fraction of sp³-hybridized carbons (Fsp3) is 0.333. The van der Waals surface area contributed by atoms with E-state index < -0.39 is 37.3 Å². The molecule has 1 aromatic heterocycles. The van der Waals surface area contributed by atoms with Gasteiger partial charge in [0, 0.05) is 18.9 Å². The number of aromatic nitrogens is 1. The van der Waals surface area contributed by atoms with Gasteiger partial charge in [0.15, 0.2) is 15.6 Å². The van der Waals surface area contributed by atoms with Crippen LogP contribution < -0.4 is 5.43 Å². The zero-order valence-corrected chi connectivity index (χ0v) is 14.8. The van der Waals surface area contributed by atoms with E-state index in [-0.39, 0.29) is 11.4 Å². The Balaban J connectivity index is 2.08. The van der Waals surface area contributed by atoms with Crippen molar-refractivity contribution in [3.05, 3.63) is 58.5 Å². The molecule has 0 atom stereocenters. The van der Waals surface area contributed by atoms with Gasteiger partial charge in [0.25, 0.3) is 0 Å². The highest BCUT2D eigenvalue weighted by molar-refractivity contribution is 7.92. The summed E-state index contributed by atoms with van der Waals surface area (Å²) in [4.78, 5) is 23.2. The van der Waals surface area contributed by atoms with Gasteiger partial charge in [-0.3, -0.25) is 4.79 Å². The molecule has 1 saturated carbocycles. The van der Waals surface area contributed by atoms with Crippen molar-refractivity contribution in [1.82, 2.24) is 4.57 Å². The third-order valence-electron chi connectivity index (χ3n) is 4.90. The third-order valence-corrected chi connectivity index (χ3v) is 7.47. The zero-order valence-electron chi connectivity index (χ0n) is 14.0. The summed E-state index contributed by atoms with van der Waals surface area (Å²) in [6.07, 6.45) is 4.52. The number of carboxylic acid groups (broad SMARTS) is 1. The molecule has 1 aliphatic rings. The van der Waals surface area contributed by atoms with E-state index in [4.69, 9.17) is 5.11 Å². The van der Waals surface area contributed by atoms with Crippen molar-refractivity contribution in [3.63, 3.8) is 0 Å². The maximum Gasteiger partial charge on any atom is 0.341 e. The van der Waals surface area contributed by atoms with Crippen molar-refractivity contribution < 1.29 is 23.4 Å². The van der Waals surface area contributed by atoms with Gasteiger partial charge in [0.2, 0.25) is 5.43 Å². The molecule has 0 radical (unpaired) electrons. The van der Waals surface area contributed by atoms with Crippen LogP contribution in [0.3, 0.4) is 0 Å². The molecular weight excluding hydrogens is 358 g/mol. The number of nitrogens with zero attached hydrogens (tertiary/aromatic N) is 1. The fourth-order valence-electron chi connectivity index (χ4n) is 3.57. The molecule has 138 valence electrons. The fourth-order valence-corrected chi connectivity index (χ4v) is 5.73. The largest absolute Gasteiger partial charge is 0.503 e. The molecular formula is C18H19NO6S. The lowest BCUT2D eigenvalue weighted by molar-refractivity contribution is 0.0693. The Kier molecular flexibility index (Phi) is 4.62. The van der Waals surface area contributed by atoms with Gasteiger partial charge in [-0.25, -0.2) is 13.2 Å². The van der Waals surface area contributed by atoms with Crippen molar-refractivity contribution in [3.8, 4) is 5.75 Å². The van der Waals surface area contributed by atoms with Gasteiger partial charge in [-0.05, 0) is 25.0 Å². The number of aromatic carboxylic acids is 1. The Morgan fingerprint density at radius 3 is 2.31 bits per heavy atom. The Labute approximate surface area is 150 Å². The molecule has 2 N–H and O–H groups in total. The van der Waals surface area contributed by atoms with Crippen LogP contribution in [0.1, 0.15) is 36.0 Å². The van der Waals surface area contributed by atoms with Crippen LogP contribution in [0.25, 0.3) is 0 Å². The number of pyridine rings is 1. The van der Waals surface area contributed by atoms with Crippen LogP contribution in [0.4, 0.5) is 0 Å². The summed E-state index contributed by atoms with van der Waals surface area (Å²) < 4.78 is 26.7. The van der Waals surface area contributed by atoms with Crippen molar-refractivity contribution >= 4 is 15.8 Å². The van der Waals surface area contributed by atoms with E-state index in [1.54, 1.807) is 30.3 Å². The second kappa shape index (κ2) is 6.60. The minimum Gasteiger partial charge on any atom is -0.503 e. The van der Waals surface area contributed by atoms with Crippen molar-refractivity contribution in [2.24, 2.45) is 0 Å². The van der Waals surface area contributed by atoms with E-state index in [2.05, 4.69) is 0 Å². The Bertz CT molecular complexity index is 988. The van der Waals surface area contributed by atoms with Crippen LogP contribution in [-0.4, -0.2) is 33.9 Å². The predicted octanol–water partition coefficient (Wildman–Crippen LogP) is 2.04. The van der Waals surface area contributed by atoms with E-state index in [9.17, 15) is 23.1 Å². The minimum atomic E-state index is -3.68. The summed E-state index contributed by atoms with van der Waals surface area (Å²) in [5.41, 5.74) is -1.57. The molecule has 7 nitrogen and oxygen atoms in total. The highest BCUT2D eigenvalue weighted by Gasteiger charge is 2.47. The van der Waals surface area contributed by atoms with Crippen molar-refractivity contribution in [2.45, 2.75) is 41.9 Å². The second-order valence-corrected chi connectivity index (χ2v) is 8.91. The molecule has 0 amide bonds. The number of carbonyl (C=O) groups is 1. The summed E-state index contributed by atoms with van der Waals surface area (Å²) in [7, 11) is -3.68. The average molecular weight is 377 g/mol. The number of aromatic hydroxyl groups is 1. The SMILES string of the molecule is O=C(O)c1cn(CC2(S(=O)(=O)c3ccccc3)CCCC2)cc(O)c1=O. The summed E-state index contributed by atoms with van der Waals surface area (Å²) in [6, 6.07) is 8.13. The van der Waals surface area contributed by atoms with E-state index >= 15 is 0 Å². The Morgan fingerprint density at radius 2 is 1.73 bits per heavy atom. The van der Waals surface area contributed by atoms with E-state index in [0.717, 1.165) is 25.2 Å². The van der Waals surface area contributed by atoms with Gasteiger partial charge < -0.3 is 14.8 Å². The molecule has 1 aromatic carbocycles. The predicted molar refractivity (Wildman–Crippen MR) is 94.2 cm³/mol. The van der Waals surface area contributed by atoms with Crippen LogP contribution in [0, 0.1) is 0 Å². The Hall–Kier alpha value is -2.61. The van der Waals surface area contributed by atoms with E-state index in [0.29, 0.717) is 12.8 Å². The molecule has 1 fully saturated rings. The molecule has 1 aliphatic carbocycles. The molecule has 0 spiro atoms. The Morgan fingerprint density at radius 1 is 1.12 bits per heavy atom. The first kappa shape index (κ1) is 18.2. The van der Waals surface area contributed by atoms with Gasteiger partial charge in [-0.2, -0.15) is 0 Å². The van der Waals surface area contributed by atoms with Gasteiger partial charge in [0.05, 0.1) is 9.64 Å². The smallest absolute Gasteiger partial charge is 0.341 e. The number of sulfone groups is 1. The molecule has 0 aliphatic heterocycles. The molecule has 0 bridgehead atoms. The maximum absolute atomic E-state index is 13.3. The topological polar surface area (TPSA) is 114 Å². The quantitative estimate of drug-likeness (QED) is 0.824. The van der Waals surface area contributed by atoms with Crippen LogP contribution in [0.2, 0.25) is 0 Å². The normalized spacial score (nSPS) is 16.5. The lowest BCUT2D eigenvalue weighted by atomic mass is 10.1. The van der Waals surface area contributed by atoms with Gasteiger partial charge >= 0.3 is 5.97 Å². The standard InChI is InChI=1S/C18H19NO6S/c20-15-11-19(10-14(16(15)21)17(22)23)12-18(8-4-5-9-18)26(24,25)13-6-2-1-3-7-13/h1-3,6-7,10-11,20H,4-5,8-9,12H2,(H,22,23). The van der Waals surface area contributed by atoms with Gasteiger partial charge in [-0.15, -0.1) is 0 Å². The molecule has 1 heterocycles. The average Bonchev–Trinajstić information content (AvgIpc) is 3.08. The summed E-state index contributed by atoms with van der Waals surface area (Å²) in [5, 5.41) is 18.9. The van der Waals surface area contributed by atoms with Crippen LogP contribution in [0.15, 0.2) is 52.4 Å². The zero-order chi connectivity index (χ0) is 18.9. The van der Waals surface area contributed by atoms with Crippen LogP contribution in [0.5, 0.6) is 5.75 Å². The van der Waals surface area contributed by atoms with Crippen LogP contribution >= 0.6 is 0 Å². The van der Waals surface area contributed by atoms with Crippen LogP contribution in [-0.2, 0) is 16.4 Å². The number of carboxylic acids is 1. The molecule has 8 heteroatoms. The number of hydrogen-bond acceptors (Lipinski definition) is 5. The molecule has 2 aromatic rings. The summed E-state index contributed by atoms with van der Waals surface area (Å²) in [6.45, 7) is -0.0294. The lowest BCUT2D eigenvalue weighted by Crippen LogP contribution is -2.40. The molecule has 0 saturated heterocycles. The van der Waals surface area contributed by atoms with E-state index in [1.807, 2.05) is 0 Å². The molecule has 0 unspecified atom stereocenters. The maximum atomic E-state index is 13.3. The van der Waals surface area contributed by atoms with Gasteiger partial charge in [-0.1, -0.05) is 31.0 Å². The number of rotatable bonds is 5. The monoisotopic (exact) mass is 377 g/mol. The highest BCUT2D eigenvalue weighted by Crippen LogP contribution is 2.41. The first-order valence-electron chi connectivity index (χ1n) is 8.23. The van der Waals surface area contributed by atoms with Crippen molar-refractivity contribution in [2.75, 3.05) is 0 Å². The van der Waals surface area contributed by atoms with Gasteiger partial charge in [0.1, 0.15) is 5.56 Å². The third kappa shape index (κ3) is 3.01. The number of hydrogen-bond donors (Lipinski definition) is 2. The van der Waals surface area contributed by atoms with E-state index in [1.165, 1.54) is 4.57 Å². The molecule has 26 heavy (non-hydrogen) atoms. The minimum absolute atomic E-state index is 0.0294. The first-order chi connectivity index (χ1) is 12.3. The molecule has 3 rings (SSSR count). The van der Waals surface area contributed by atoms with Crippen molar-refractivity contribution in [1.29, 1.82) is 0 Å².